The summed E-state index contributed by atoms with van der Waals surface area (Å²) in [5.74, 6) is 1.36. The van der Waals surface area contributed by atoms with Gasteiger partial charge in [-0.05, 0) is 12.3 Å². The number of carbonyl (C=O) groups excluding carboxylic acids is 1. The Kier molecular flexibility index (Phi) is 5.16. The molecule has 1 aliphatic rings. The molecule has 2 N–H and O–H groups in total. The van der Waals surface area contributed by atoms with Crippen LogP contribution in [-0.2, 0) is 4.79 Å². The van der Waals surface area contributed by atoms with Gasteiger partial charge in [0.25, 0.3) is 0 Å². The van der Waals surface area contributed by atoms with Gasteiger partial charge in [0.05, 0.1) is 17.7 Å². The fourth-order valence-corrected chi connectivity index (χ4v) is 2.99. The first kappa shape index (κ1) is 16.7. The average molecular weight is 314 g/mol. The number of nitrogens with two attached hydrogens (primary N) is 1. The van der Waals surface area contributed by atoms with Gasteiger partial charge in [-0.15, -0.1) is 0 Å². The number of likely N-dealkylation sites (tertiary alicyclic amines) is 1. The van der Waals surface area contributed by atoms with Crippen molar-refractivity contribution in [3.63, 3.8) is 0 Å². The summed E-state index contributed by atoms with van der Waals surface area (Å²) in [6.07, 6.45) is 3.88. The number of nitriles is 1. The largest absolute Gasteiger partial charge is 0.383 e. The SMILES string of the molecule is C=Cc1c(N)ncnc1N(C)C1CN(C(=O)CC#N)CCC1C. The molecule has 0 aliphatic carbocycles. The Labute approximate surface area is 136 Å². The summed E-state index contributed by atoms with van der Waals surface area (Å²) in [4.78, 5) is 24.1. The molecular formula is C16H22N6O. The number of carbonyl (C=O) groups is 1. The summed E-state index contributed by atoms with van der Waals surface area (Å²) in [5.41, 5.74) is 6.60. The third-order valence-corrected chi connectivity index (χ3v) is 4.43. The Balaban J connectivity index is 2.25. The molecule has 2 atom stereocenters. The minimum atomic E-state index is -0.121. The number of likely N-dealkylation sites (N-methyl/N-ethyl adjacent to an activating group) is 1. The van der Waals surface area contributed by atoms with E-state index >= 15 is 0 Å². The molecule has 0 spiro atoms. The minimum Gasteiger partial charge on any atom is -0.383 e. The number of hydrogen-bond donors (Lipinski definition) is 1. The van der Waals surface area contributed by atoms with E-state index in [0.29, 0.717) is 36.2 Å². The van der Waals surface area contributed by atoms with E-state index in [0.717, 1.165) is 6.42 Å². The van der Waals surface area contributed by atoms with Crippen LogP contribution >= 0.6 is 0 Å². The molecule has 1 amide bonds. The summed E-state index contributed by atoms with van der Waals surface area (Å²) < 4.78 is 0. The van der Waals surface area contributed by atoms with E-state index in [4.69, 9.17) is 11.0 Å². The lowest BCUT2D eigenvalue weighted by Gasteiger charge is -2.42. The Morgan fingerprint density at radius 2 is 2.39 bits per heavy atom. The van der Waals surface area contributed by atoms with Gasteiger partial charge in [0.1, 0.15) is 24.4 Å². The van der Waals surface area contributed by atoms with Crippen LogP contribution in [0.2, 0.25) is 0 Å². The zero-order valence-electron chi connectivity index (χ0n) is 13.6. The summed E-state index contributed by atoms with van der Waals surface area (Å²) >= 11 is 0. The van der Waals surface area contributed by atoms with Crippen LogP contribution in [0.4, 0.5) is 11.6 Å². The molecule has 0 aromatic carbocycles. The van der Waals surface area contributed by atoms with E-state index in [1.54, 1.807) is 11.0 Å². The summed E-state index contributed by atoms with van der Waals surface area (Å²) in [6.45, 7) is 7.19. The predicted octanol–water partition coefficient (Wildman–Crippen LogP) is 1.29. The van der Waals surface area contributed by atoms with Crippen LogP contribution in [0.1, 0.15) is 25.3 Å². The highest BCUT2D eigenvalue weighted by Crippen LogP contribution is 2.29. The second-order valence-corrected chi connectivity index (χ2v) is 5.82. The third-order valence-electron chi connectivity index (χ3n) is 4.43. The molecule has 1 aromatic rings. The Bertz CT molecular complexity index is 638. The molecule has 0 bridgehead atoms. The molecule has 0 saturated carbocycles. The highest BCUT2D eigenvalue weighted by Gasteiger charge is 2.32. The van der Waals surface area contributed by atoms with Gasteiger partial charge in [0.15, 0.2) is 0 Å². The van der Waals surface area contributed by atoms with Crippen molar-refractivity contribution in [3.05, 3.63) is 18.5 Å². The van der Waals surface area contributed by atoms with E-state index in [-0.39, 0.29) is 18.4 Å². The Morgan fingerprint density at radius 3 is 3.04 bits per heavy atom. The second-order valence-electron chi connectivity index (χ2n) is 5.82. The molecule has 7 nitrogen and oxygen atoms in total. The van der Waals surface area contributed by atoms with Crippen LogP contribution in [-0.4, -0.2) is 47.0 Å². The van der Waals surface area contributed by atoms with Crippen LogP contribution in [0.5, 0.6) is 0 Å². The maximum Gasteiger partial charge on any atom is 0.236 e. The molecule has 1 fully saturated rings. The lowest BCUT2D eigenvalue weighted by molar-refractivity contribution is -0.131. The number of amides is 1. The van der Waals surface area contributed by atoms with Gasteiger partial charge in [-0.25, -0.2) is 9.97 Å². The van der Waals surface area contributed by atoms with Gasteiger partial charge < -0.3 is 15.5 Å². The molecule has 1 aliphatic heterocycles. The van der Waals surface area contributed by atoms with E-state index in [1.807, 2.05) is 18.0 Å². The van der Waals surface area contributed by atoms with E-state index < -0.39 is 0 Å². The van der Waals surface area contributed by atoms with Gasteiger partial charge in [-0.2, -0.15) is 5.26 Å². The van der Waals surface area contributed by atoms with Crippen molar-refractivity contribution in [1.29, 1.82) is 5.26 Å². The highest BCUT2D eigenvalue weighted by atomic mass is 16.2. The lowest BCUT2D eigenvalue weighted by atomic mass is 9.92. The van der Waals surface area contributed by atoms with E-state index in [2.05, 4.69) is 23.5 Å². The van der Waals surface area contributed by atoms with Crippen LogP contribution in [0.25, 0.3) is 6.08 Å². The molecule has 1 saturated heterocycles. The van der Waals surface area contributed by atoms with Crippen molar-refractivity contribution in [1.82, 2.24) is 14.9 Å². The summed E-state index contributed by atoms with van der Waals surface area (Å²) in [5, 5.41) is 8.72. The first-order valence-electron chi connectivity index (χ1n) is 7.60. The molecule has 122 valence electrons. The monoisotopic (exact) mass is 314 g/mol. The van der Waals surface area contributed by atoms with Crippen molar-refractivity contribution in [2.75, 3.05) is 30.8 Å². The molecule has 1 aromatic heterocycles. The molecule has 23 heavy (non-hydrogen) atoms. The fourth-order valence-electron chi connectivity index (χ4n) is 2.99. The van der Waals surface area contributed by atoms with Crippen LogP contribution < -0.4 is 10.6 Å². The quantitative estimate of drug-likeness (QED) is 0.899. The number of nitrogen functional groups attached to an aromatic ring is 1. The molecule has 0 radical (unpaired) electrons. The van der Waals surface area contributed by atoms with Gasteiger partial charge in [0, 0.05) is 20.1 Å². The molecule has 7 heteroatoms. The summed E-state index contributed by atoms with van der Waals surface area (Å²) in [7, 11) is 1.94. The summed E-state index contributed by atoms with van der Waals surface area (Å²) in [6, 6.07) is 2.02. The third kappa shape index (κ3) is 3.42. The van der Waals surface area contributed by atoms with Crippen molar-refractivity contribution in [3.8, 4) is 6.07 Å². The lowest BCUT2D eigenvalue weighted by Crippen LogP contribution is -2.53. The van der Waals surface area contributed by atoms with E-state index in [9.17, 15) is 4.79 Å². The molecule has 2 rings (SSSR count). The normalized spacial score (nSPS) is 20.7. The van der Waals surface area contributed by atoms with E-state index in [1.165, 1.54) is 6.33 Å². The van der Waals surface area contributed by atoms with Gasteiger partial charge in [0.2, 0.25) is 5.91 Å². The topological polar surface area (TPSA) is 99.1 Å². The zero-order chi connectivity index (χ0) is 17.0. The first-order valence-corrected chi connectivity index (χ1v) is 7.60. The Hall–Kier alpha value is -2.62. The van der Waals surface area contributed by atoms with Crippen molar-refractivity contribution >= 4 is 23.6 Å². The number of rotatable bonds is 4. The maximum atomic E-state index is 12.0. The van der Waals surface area contributed by atoms with Crippen LogP contribution in [0.3, 0.4) is 0 Å². The first-order chi connectivity index (χ1) is 11.0. The number of piperidine rings is 1. The number of nitrogens with zero attached hydrogens (tertiary/aromatic N) is 5. The number of hydrogen-bond acceptors (Lipinski definition) is 6. The van der Waals surface area contributed by atoms with Crippen molar-refractivity contribution in [2.24, 2.45) is 5.92 Å². The zero-order valence-corrected chi connectivity index (χ0v) is 13.6. The predicted molar refractivity (Wildman–Crippen MR) is 89.3 cm³/mol. The molecular weight excluding hydrogens is 292 g/mol. The smallest absolute Gasteiger partial charge is 0.236 e. The Morgan fingerprint density at radius 1 is 1.65 bits per heavy atom. The van der Waals surface area contributed by atoms with Crippen LogP contribution in [0.15, 0.2) is 12.9 Å². The fraction of sp³-hybridized carbons (Fsp3) is 0.500. The van der Waals surface area contributed by atoms with Gasteiger partial charge in [-0.1, -0.05) is 19.6 Å². The molecule has 2 heterocycles. The van der Waals surface area contributed by atoms with Crippen molar-refractivity contribution < 1.29 is 4.79 Å². The standard InChI is InChI=1S/C16H22N6O/c1-4-12-15(18)19-10-20-16(12)21(3)13-9-22(8-6-11(13)2)14(23)5-7-17/h4,10-11,13H,1,5-6,8-9H2,2-3H3,(H2,18,19,20). The van der Waals surface area contributed by atoms with Gasteiger partial charge >= 0.3 is 0 Å². The highest BCUT2D eigenvalue weighted by molar-refractivity contribution is 5.78. The maximum absolute atomic E-state index is 12.0. The molecule has 2 unspecified atom stereocenters. The average Bonchev–Trinajstić information content (AvgIpc) is 2.54. The van der Waals surface area contributed by atoms with Crippen molar-refractivity contribution in [2.45, 2.75) is 25.8 Å². The second kappa shape index (κ2) is 7.09. The van der Waals surface area contributed by atoms with Crippen LogP contribution in [0, 0.1) is 17.2 Å². The number of anilines is 2. The van der Waals surface area contributed by atoms with Gasteiger partial charge in [-0.3, -0.25) is 4.79 Å². The number of aromatic nitrogens is 2. The minimum absolute atomic E-state index is 0.0802.